The summed E-state index contributed by atoms with van der Waals surface area (Å²) in [6.45, 7) is 0.751. The Hall–Kier alpha value is -2.45. The van der Waals surface area contributed by atoms with E-state index in [1.165, 1.54) is 22.4 Å². The molecule has 0 radical (unpaired) electrons. The third-order valence-corrected chi connectivity index (χ3v) is 5.29. The third kappa shape index (κ3) is 4.20. The van der Waals surface area contributed by atoms with Gasteiger partial charge in [-0.15, -0.1) is 11.3 Å². The minimum Gasteiger partial charge on any atom is -0.497 e. The second-order valence-electron chi connectivity index (χ2n) is 5.93. The van der Waals surface area contributed by atoms with Crippen molar-refractivity contribution in [3.63, 3.8) is 0 Å². The van der Waals surface area contributed by atoms with Crippen molar-refractivity contribution in [2.24, 2.45) is 0 Å². The van der Waals surface area contributed by atoms with Crippen molar-refractivity contribution in [2.75, 3.05) is 26.9 Å². The van der Waals surface area contributed by atoms with E-state index in [1.54, 1.807) is 7.11 Å². The molecule has 3 rings (SSSR count). The standard InChI is InChI=1S/C18H20N2O5S/c1-24-14-4-2-12(3-5-14)17-19-10-15(26-17)18(23)20(11-16(21)22)13-6-8-25-9-7-13/h2-5,10,13H,6-9,11H2,1H3,(H,21,22). The molecule has 0 bridgehead atoms. The Bertz CT molecular complexity index is 768. The number of hydrogen-bond acceptors (Lipinski definition) is 6. The molecule has 0 saturated carbocycles. The summed E-state index contributed by atoms with van der Waals surface area (Å²) >= 11 is 1.26. The van der Waals surface area contributed by atoms with Gasteiger partial charge in [0.1, 0.15) is 22.2 Å². The monoisotopic (exact) mass is 376 g/mol. The Morgan fingerprint density at radius 2 is 2.00 bits per heavy atom. The maximum absolute atomic E-state index is 12.9. The van der Waals surface area contributed by atoms with Crippen molar-refractivity contribution in [2.45, 2.75) is 18.9 Å². The van der Waals surface area contributed by atoms with Gasteiger partial charge in [-0.25, -0.2) is 4.98 Å². The Balaban J connectivity index is 1.80. The molecular weight excluding hydrogens is 356 g/mol. The van der Waals surface area contributed by atoms with Crippen molar-refractivity contribution in [3.05, 3.63) is 35.3 Å². The van der Waals surface area contributed by atoms with Gasteiger partial charge in [0.2, 0.25) is 0 Å². The van der Waals surface area contributed by atoms with E-state index in [4.69, 9.17) is 9.47 Å². The Kier molecular flexibility index (Phi) is 5.85. The average molecular weight is 376 g/mol. The zero-order valence-corrected chi connectivity index (χ0v) is 15.2. The molecule has 26 heavy (non-hydrogen) atoms. The van der Waals surface area contributed by atoms with Gasteiger partial charge in [0.15, 0.2) is 0 Å². The highest BCUT2D eigenvalue weighted by atomic mass is 32.1. The van der Waals surface area contributed by atoms with Crippen LogP contribution in [-0.4, -0.2) is 59.8 Å². The van der Waals surface area contributed by atoms with Crippen molar-refractivity contribution in [1.82, 2.24) is 9.88 Å². The van der Waals surface area contributed by atoms with Crippen LogP contribution in [0.5, 0.6) is 5.75 Å². The number of thiazole rings is 1. The summed E-state index contributed by atoms with van der Waals surface area (Å²) in [7, 11) is 1.60. The molecule has 2 aromatic rings. The number of ether oxygens (including phenoxy) is 2. The summed E-state index contributed by atoms with van der Waals surface area (Å²) in [6.07, 6.45) is 2.80. The Labute approximate surface area is 155 Å². The third-order valence-electron chi connectivity index (χ3n) is 4.25. The Morgan fingerprint density at radius 1 is 1.31 bits per heavy atom. The average Bonchev–Trinajstić information content (AvgIpc) is 3.16. The fourth-order valence-corrected chi connectivity index (χ4v) is 3.77. The zero-order chi connectivity index (χ0) is 18.5. The molecule has 8 heteroatoms. The largest absolute Gasteiger partial charge is 0.497 e. The molecular formula is C18H20N2O5S. The van der Waals surface area contributed by atoms with Gasteiger partial charge in [-0.05, 0) is 37.1 Å². The Morgan fingerprint density at radius 3 is 2.62 bits per heavy atom. The van der Waals surface area contributed by atoms with E-state index in [0.717, 1.165) is 11.3 Å². The van der Waals surface area contributed by atoms with Crippen molar-refractivity contribution >= 4 is 23.2 Å². The molecule has 1 saturated heterocycles. The van der Waals surface area contributed by atoms with Crippen LogP contribution in [0.4, 0.5) is 0 Å². The number of aromatic nitrogens is 1. The highest BCUT2D eigenvalue weighted by Crippen LogP contribution is 2.28. The van der Waals surface area contributed by atoms with Crippen LogP contribution in [0.25, 0.3) is 10.6 Å². The first-order valence-electron chi connectivity index (χ1n) is 8.29. The number of carboxylic acid groups (broad SMARTS) is 1. The molecule has 1 aromatic carbocycles. The number of carbonyl (C=O) groups is 2. The lowest BCUT2D eigenvalue weighted by molar-refractivity contribution is -0.138. The van der Waals surface area contributed by atoms with Crippen LogP contribution in [0.2, 0.25) is 0 Å². The van der Waals surface area contributed by atoms with E-state index in [1.807, 2.05) is 24.3 Å². The van der Waals surface area contributed by atoms with Gasteiger partial charge in [0.05, 0.1) is 13.3 Å². The predicted octanol–water partition coefficient (Wildman–Crippen LogP) is 2.52. The molecule has 0 atom stereocenters. The van der Waals surface area contributed by atoms with Gasteiger partial charge in [-0.2, -0.15) is 0 Å². The second-order valence-corrected chi connectivity index (χ2v) is 6.96. The number of methoxy groups -OCH3 is 1. The van der Waals surface area contributed by atoms with Crippen molar-refractivity contribution in [1.29, 1.82) is 0 Å². The number of hydrogen-bond donors (Lipinski definition) is 1. The maximum atomic E-state index is 12.9. The lowest BCUT2D eigenvalue weighted by Gasteiger charge is -2.32. The number of benzene rings is 1. The van der Waals surface area contributed by atoms with Crippen LogP contribution < -0.4 is 4.74 Å². The van der Waals surface area contributed by atoms with E-state index >= 15 is 0 Å². The molecule has 7 nitrogen and oxygen atoms in total. The second kappa shape index (κ2) is 8.29. The molecule has 1 fully saturated rings. The number of amides is 1. The number of rotatable bonds is 6. The topological polar surface area (TPSA) is 89.0 Å². The molecule has 1 aliphatic rings. The molecule has 1 aliphatic heterocycles. The normalized spacial score (nSPS) is 14.8. The highest BCUT2D eigenvalue weighted by molar-refractivity contribution is 7.16. The van der Waals surface area contributed by atoms with Crippen LogP contribution in [0.15, 0.2) is 30.5 Å². The fraction of sp³-hybridized carbons (Fsp3) is 0.389. The summed E-state index contributed by atoms with van der Waals surface area (Å²) < 4.78 is 10.5. The molecule has 1 amide bonds. The summed E-state index contributed by atoms with van der Waals surface area (Å²) in [5.41, 5.74) is 0.880. The predicted molar refractivity (Wildman–Crippen MR) is 96.6 cm³/mol. The fourth-order valence-electron chi connectivity index (χ4n) is 2.89. The molecule has 1 N–H and O–H groups in total. The molecule has 0 unspecified atom stereocenters. The summed E-state index contributed by atoms with van der Waals surface area (Å²) in [5, 5.41) is 9.90. The van der Waals surface area contributed by atoms with Gasteiger partial charge in [-0.3, -0.25) is 9.59 Å². The number of aliphatic carboxylic acids is 1. The van der Waals surface area contributed by atoms with E-state index in [-0.39, 0.29) is 18.5 Å². The maximum Gasteiger partial charge on any atom is 0.323 e. The molecule has 2 heterocycles. The number of nitrogens with zero attached hydrogens (tertiary/aromatic N) is 2. The first-order chi connectivity index (χ1) is 12.6. The van der Waals surface area contributed by atoms with Gasteiger partial charge in [0, 0.05) is 24.8 Å². The minimum absolute atomic E-state index is 0.126. The molecule has 0 spiro atoms. The van der Waals surface area contributed by atoms with Crippen molar-refractivity contribution in [3.8, 4) is 16.3 Å². The summed E-state index contributed by atoms with van der Waals surface area (Å²) in [6, 6.07) is 7.28. The highest BCUT2D eigenvalue weighted by Gasteiger charge is 2.29. The quantitative estimate of drug-likeness (QED) is 0.833. The van der Waals surface area contributed by atoms with E-state index in [0.29, 0.717) is 35.9 Å². The molecule has 0 aliphatic carbocycles. The molecule has 138 valence electrons. The van der Waals surface area contributed by atoms with Crippen LogP contribution >= 0.6 is 11.3 Å². The van der Waals surface area contributed by atoms with Crippen LogP contribution in [0.1, 0.15) is 22.5 Å². The van der Waals surface area contributed by atoms with E-state index in [9.17, 15) is 14.7 Å². The first-order valence-corrected chi connectivity index (χ1v) is 9.11. The van der Waals surface area contributed by atoms with Gasteiger partial charge < -0.3 is 19.5 Å². The van der Waals surface area contributed by atoms with Gasteiger partial charge in [-0.1, -0.05) is 0 Å². The van der Waals surface area contributed by atoms with Gasteiger partial charge in [0.25, 0.3) is 5.91 Å². The zero-order valence-electron chi connectivity index (χ0n) is 14.4. The van der Waals surface area contributed by atoms with Crippen LogP contribution in [-0.2, 0) is 9.53 Å². The number of carbonyl (C=O) groups excluding carboxylic acids is 1. The number of carboxylic acids is 1. The lowest BCUT2D eigenvalue weighted by atomic mass is 10.1. The lowest BCUT2D eigenvalue weighted by Crippen LogP contribution is -2.45. The minimum atomic E-state index is -1.02. The first kappa shape index (κ1) is 18.3. The van der Waals surface area contributed by atoms with Crippen LogP contribution in [0.3, 0.4) is 0 Å². The smallest absolute Gasteiger partial charge is 0.323 e. The molecule has 1 aromatic heterocycles. The van der Waals surface area contributed by atoms with E-state index in [2.05, 4.69) is 4.98 Å². The summed E-state index contributed by atoms with van der Waals surface area (Å²) in [5.74, 6) is -0.574. The van der Waals surface area contributed by atoms with E-state index < -0.39 is 5.97 Å². The SMILES string of the molecule is COc1ccc(-c2ncc(C(=O)N(CC(=O)O)C3CCOCC3)s2)cc1. The summed E-state index contributed by atoms with van der Waals surface area (Å²) in [4.78, 5) is 30.3. The van der Waals surface area contributed by atoms with Crippen LogP contribution in [0, 0.1) is 0 Å². The van der Waals surface area contributed by atoms with Crippen molar-refractivity contribution < 1.29 is 24.2 Å². The van der Waals surface area contributed by atoms with Gasteiger partial charge >= 0.3 is 5.97 Å².